The normalized spacial score (nSPS) is 9.50. The lowest BCUT2D eigenvalue weighted by molar-refractivity contribution is -0.385. The van der Waals surface area contributed by atoms with E-state index < -0.39 is 22.1 Å². The number of halogens is 1. The van der Waals surface area contributed by atoms with Crippen molar-refractivity contribution in [1.29, 1.82) is 5.26 Å². The summed E-state index contributed by atoms with van der Waals surface area (Å²) in [7, 11) is 0. The van der Waals surface area contributed by atoms with Crippen LogP contribution in [0.3, 0.4) is 0 Å². The number of rotatable bonds is 3. The quantitative estimate of drug-likeness (QED) is 0.394. The summed E-state index contributed by atoms with van der Waals surface area (Å²) in [6, 6.07) is 3.44. The van der Waals surface area contributed by atoms with Crippen molar-refractivity contribution in [3.8, 4) is 11.8 Å². The molecule has 0 radical (unpaired) electrons. The van der Waals surface area contributed by atoms with Gasteiger partial charge in [-0.05, 0) is 0 Å². The Morgan fingerprint density at radius 3 is 2.69 bits per heavy atom. The predicted octanol–water partition coefficient (Wildman–Crippen LogP) is 1.75. The second-order valence-electron chi connectivity index (χ2n) is 2.81. The van der Waals surface area contributed by atoms with Crippen LogP contribution in [0.15, 0.2) is 12.1 Å². The number of Topliss-reactive ketones (excluding diaryl/α,β-unsaturated/α-hetero) is 1. The van der Waals surface area contributed by atoms with Crippen molar-refractivity contribution in [3.63, 3.8) is 0 Å². The summed E-state index contributed by atoms with van der Waals surface area (Å²) in [6.07, 6.45) is 0. The Labute approximate surface area is 98.4 Å². The fraction of sp³-hybridized carbons (Fsp3) is 0.111. The average Bonchev–Trinajstić information content (AvgIpc) is 2.26. The Morgan fingerprint density at radius 1 is 1.62 bits per heavy atom. The van der Waals surface area contributed by atoms with Gasteiger partial charge in [-0.3, -0.25) is 14.9 Å². The number of nitro groups is 1. The Bertz CT molecular complexity index is 507. The monoisotopic (exact) mass is 284 g/mol. The number of nitro benzene ring substituents is 1. The van der Waals surface area contributed by atoms with E-state index in [9.17, 15) is 20.0 Å². The maximum atomic E-state index is 11.4. The van der Waals surface area contributed by atoms with Gasteiger partial charge >= 0.3 is 0 Å². The fourth-order valence-electron chi connectivity index (χ4n) is 1.17. The standard InChI is InChI=1S/C9H5BrN2O4/c10-3-8(14)9-5(4-11)1-6(12(15)16)2-7(9)13/h1-2,13H,3H2. The summed E-state index contributed by atoms with van der Waals surface area (Å²) in [5, 5.41) is 28.6. The van der Waals surface area contributed by atoms with Crippen molar-refractivity contribution in [2.24, 2.45) is 0 Å². The maximum Gasteiger partial charge on any atom is 0.274 e. The lowest BCUT2D eigenvalue weighted by Crippen LogP contribution is -2.04. The molecule has 1 aromatic carbocycles. The zero-order valence-electron chi connectivity index (χ0n) is 7.81. The van der Waals surface area contributed by atoms with Gasteiger partial charge in [-0.15, -0.1) is 0 Å². The number of hydrogen-bond acceptors (Lipinski definition) is 5. The first kappa shape index (κ1) is 12.1. The molecule has 7 heteroatoms. The Morgan fingerprint density at radius 2 is 2.25 bits per heavy atom. The molecular weight excluding hydrogens is 280 g/mol. The zero-order chi connectivity index (χ0) is 12.3. The number of ketones is 1. The molecule has 0 fully saturated rings. The smallest absolute Gasteiger partial charge is 0.274 e. The molecule has 0 saturated carbocycles. The van der Waals surface area contributed by atoms with E-state index in [1.54, 1.807) is 6.07 Å². The summed E-state index contributed by atoms with van der Waals surface area (Å²) in [5.41, 5.74) is -0.846. The van der Waals surface area contributed by atoms with Crippen molar-refractivity contribution in [3.05, 3.63) is 33.4 Å². The van der Waals surface area contributed by atoms with Gasteiger partial charge in [0, 0.05) is 6.07 Å². The van der Waals surface area contributed by atoms with Crippen LogP contribution in [-0.4, -0.2) is 21.1 Å². The number of nitrogens with zero attached hydrogens (tertiary/aromatic N) is 2. The third-order valence-electron chi connectivity index (χ3n) is 1.83. The topological polar surface area (TPSA) is 104 Å². The first-order valence-corrected chi connectivity index (χ1v) is 5.14. The van der Waals surface area contributed by atoms with E-state index in [4.69, 9.17) is 5.26 Å². The van der Waals surface area contributed by atoms with Gasteiger partial charge in [-0.25, -0.2) is 0 Å². The molecule has 6 nitrogen and oxygen atoms in total. The molecule has 0 heterocycles. The number of nitriles is 1. The number of hydrogen-bond donors (Lipinski definition) is 1. The molecular formula is C9H5BrN2O4. The molecule has 1 aromatic rings. The predicted molar refractivity (Wildman–Crippen MR) is 57.6 cm³/mol. The maximum absolute atomic E-state index is 11.4. The third kappa shape index (κ3) is 2.17. The minimum absolute atomic E-state index is 0.0763. The largest absolute Gasteiger partial charge is 0.507 e. The molecule has 0 aliphatic heterocycles. The van der Waals surface area contributed by atoms with E-state index in [0.717, 1.165) is 12.1 Å². The highest BCUT2D eigenvalue weighted by Gasteiger charge is 2.20. The van der Waals surface area contributed by atoms with Crippen LogP contribution in [0.2, 0.25) is 0 Å². The van der Waals surface area contributed by atoms with Gasteiger partial charge in [0.2, 0.25) is 0 Å². The molecule has 0 atom stereocenters. The summed E-state index contributed by atoms with van der Waals surface area (Å²) in [4.78, 5) is 21.1. The van der Waals surface area contributed by atoms with Crippen LogP contribution in [0.4, 0.5) is 5.69 Å². The highest BCUT2D eigenvalue weighted by molar-refractivity contribution is 9.09. The van der Waals surface area contributed by atoms with E-state index in [1.165, 1.54) is 0 Å². The molecule has 0 spiro atoms. The van der Waals surface area contributed by atoms with Crippen LogP contribution in [0, 0.1) is 21.4 Å². The van der Waals surface area contributed by atoms with Gasteiger partial charge < -0.3 is 5.11 Å². The molecule has 0 bridgehead atoms. The number of non-ortho nitro benzene ring substituents is 1. The van der Waals surface area contributed by atoms with Crippen LogP contribution < -0.4 is 0 Å². The van der Waals surface area contributed by atoms with Crippen LogP contribution >= 0.6 is 15.9 Å². The van der Waals surface area contributed by atoms with E-state index in [2.05, 4.69) is 15.9 Å². The number of carbonyl (C=O) groups is 1. The minimum Gasteiger partial charge on any atom is -0.507 e. The molecule has 0 aliphatic rings. The van der Waals surface area contributed by atoms with Crippen molar-refractivity contribution in [2.45, 2.75) is 0 Å². The Balaban J connectivity index is 3.48. The van der Waals surface area contributed by atoms with Crippen molar-refractivity contribution < 1.29 is 14.8 Å². The molecule has 0 aromatic heterocycles. The molecule has 1 N–H and O–H groups in total. The number of aromatic hydroxyl groups is 1. The molecule has 0 amide bonds. The highest BCUT2D eigenvalue weighted by atomic mass is 79.9. The zero-order valence-corrected chi connectivity index (χ0v) is 9.39. The fourth-order valence-corrected chi connectivity index (χ4v) is 1.45. The lowest BCUT2D eigenvalue weighted by Gasteiger charge is -2.03. The summed E-state index contributed by atoms with van der Waals surface area (Å²) < 4.78 is 0. The summed E-state index contributed by atoms with van der Waals surface area (Å²) >= 11 is 2.89. The summed E-state index contributed by atoms with van der Waals surface area (Å²) in [6.45, 7) is 0. The SMILES string of the molecule is N#Cc1cc([N+](=O)[O-])cc(O)c1C(=O)CBr. The van der Waals surface area contributed by atoms with Crippen LogP contribution in [0.25, 0.3) is 0 Å². The van der Waals surface area contributed by atoms with Gasteiger partial charge in [0.15, 0.2) is 5.78 Å². The van der Waals surface area contributed by atoms with E-state index in [1.807, 2.05) is 0 Å². The number of carbonyl (C=O) groups excluding carboxylic acids is 1. The first-order chi connectivity index (χ1) is 7.51. The number of phenols is 1. The van der Waals surface area contributed by atoms with Crippen molar-refractivity contribution in [2.75, 3.05) is 5.33 Å². The van der Waals surface area contributed by atoms with E-state index in [-0.39, 0.29) is 16.5 Å². The van der Waals surface area contributed by atoms with E-state index in [0.29, 0.717) is 0 Å². The average molecular weight is 285 g/mol. The number of benzene rings is 1. The molecule has 0 unspecified atom stereocenters. The number of phenolic OH excluding ortho intramolecular Hbond substituents is 1. The van der Waals surface area contributed by atoms with Crippen LogP contribution in [-0.2, 0) is 0 Å². The minimum atomic E-state index is -0.747. The molecule has 1 rings (SSSR count). The van der Waals surface area contributed by atoms with Gasteiger partial charge in [-0.1, -0.05) is 15.9 Å². The van der Waals surface area contributed by atoms with Gasteiger partial charge in [-0.2, -0.15) is 5.26 Å². The van der Waals surface area contributed by atoms with Gasteiger partial charge in [0.1, 0.15) is 11.8 Å². The Hall–Kier alpha value is -1.94. The van der Waals surface area contributed by atoms with Gasteiger partial charge in [0.25, 0.3) is 5.69 Å². The van der Waals surface area contributed by atoms with Crippen LogP contribution in [0.1, 0.15) is 15.9 Å². The highest BCUT2D eigenvalue weighted by Crippen LogP contribution is 2.28. The number of alkyl halides is 1. The molecule has 0 aliphatic carbocycles. The molecule has 82 valence electrons. The van der Waals surface area contributed by atoms with Gasteiger partial charge in [0.05, 0.1) is 27.4 Å². The van der Waals surface area contributed by atoms with Crippen molar-refractivity contribution >= 4 is 27.4 Å². The molecule has 0 saturated heterocycles. The van der Waals surface area contributed by atoms with E-state index >= 15 is 0 Å². The first-order valence-electron chi connectivity index (χ1n) is 4.02. The second kappa shape index (κ2) is 4.72. The Kier molecular flexibility index (Phi) is 3.58. The lowest BCUT2D eigenvalue weighted by atomic mass is 10.0. The van der Waals surface area contributed by atoms with Crippen LogP contribution in [0.5, 0.6) is 5.75 Å². The summed E-state index contributed by atoms with van der Waals surface area (Å²) in [5.74, 6) is -1.07. The molecule has 16 heavy (non-hydrogen) atoms. The second-order valence-corrected chi connectivity index (χ2v) is 3.37. The third-order valence-corrected chi connectivity index (χ3v) is 2.34. The van der Waals surface area contributed by atoms with Crippen molar-refractivity contribution in [1.82, 2.24) is 0 Å².